The lowest BCUT2D eigenvalue weighted by Crippen LogP contribution is -2.48. The predicted molar refractivity (Wildman–Crippen MR) is 72.7 cm³/mol. The normalized spacial score (nSPS) is 21.6. The van der Waals surface area contributed by atoms with Crippen LogP contribution < -0.4 is 16.6 Å². The molecule has 0 aliphatic heterocycles. The fraction of sp³-hybridized carbons (Fsp3) is 0.538. The third kappa shape index (κ3) is 3.21. The van der Waals surface area contributed by atoms with Gasteiger partial charge in [0.15, 0.2) is 0 Å². The van der Waals surface area contributed by atoms with Crippen LogP contribution in [0.15, 0.2) is 12.3 Å². The first-order chi connectivity index (χ1) is 9.13. The molecule has 1 aliphatic carbocycles. The molecule has 1 saturated carbocycles. The predicted octanol–water partition coefficient (Wildman–Crippen LogP) is 0.973. The van der Waals surface area contributed by atoms with Gasteiger partial charge in [-0.1, -0.05) is 0 Å². The highest BCUT2D eigenvalue weighted by Gasteiger charge is 2.31. The second kappa shape index (κ2) is 5.99. The van der Waals surface area contributed by atoms with E-state index < -0.39 is 0 Å². The molecule has 0 atom stereocenters. The van der Waals surface area contributed by atoms with Crippen LogP contribution in [-0.4, -0.2) is 29.6 Å². The Bertz CT molecular complexity index is 458. The lowest BCUT2D eigenvalue weighted by atomic mass is 9.89. The summed E-state index contributed by atoms with van der Waals surface area (Å²) in [6, 6.07) is 1.93. The van der Waals surface area contributed by atoms with Gasteiger partial charge in [-0.15, -0.1) is 0 Å². The molecule has 0 saturated heterocycles. The van der Waals surface area contributed by atoms with Crippen molar-refractivity contribution < 1.29 is 9.53 Å². The van der Waals surface area contributed by atoms with Gasteiger partial charge in [-0.3, -0.25) is 15.6 Å². The zero-order chi connectivity index (χ0) is 13.8. The van der Waals surface area contributed by atoms with Gasteiger partial charge in [0.1, 0.15) is 0 Å². The molecule has 19 heavy (non-hydrogen) atoms. The minimum atomic E-state index is -0.152. The first kappa shape index (κ1) is 13.8. The van der Waals surface area contributed by atoms with E-state index in [9.17, 15) is 4.79 Å². The third-order valence-electron chi connectivity index (χ3n) is 3.27. The molecular formula is C13H20N4O2. The fourth-order valence-electron chi connectivity index (χ4n) is 2.18. The van der Waals surface area contributed by atoms with E-state index in [1.54, 1.807) is 12.3 Å². The number of nitrogens with two attached hydrogens (primary N) is 1. The molecular weight excluding hydrogens is 244 g/mol. The minimum Gasteiger partial charge on any atom is -0.378 e. The maximum absolute atomic E-state index is 12.1. The van der Waals surface area contributed by atoms with Crippen LogP contribution in [0.1, 0.15) is 35.8 Å². The van der Waals surface area contributed by atoms with Crippen LogP contribution in [-0.2, 0) is 4.74 Å². The molecule has 4 N–H and O–H groups in total. The van der Waals surface area contributed by atoms with Gasteiger partial charge >= 0.3 is 0 Å². The Kier molecular flexibility index (Phi) is 4.34. The summed E-state index contributed by atoms with van der Waals surface area (Å²) in [6.07, 6.45) is 3.55. The molecule has 1 aliphatic rings. The number of aromatic nitrogens is 1. The van der Waals surface area contributed by atoms with Gasteiger partial charge in [0.05, 0.1) is 17.4 Å². The van der Waals surface area contributed by atoms with Crippen molar-refractivity contribution in [2.45, 2.75) is 38.8 Å². The molecule has 1 heterocycles. The number of hydrogen-bond donors (Lipinski definition) is 3. The van der Waals surface area contributed by atoms with Crippen LogP contribution in [0, 0.1) is 6.92 Å². The molecule has 6 heteroatoms. The summed E-state index contributed by atoms with van der Waals surface area (Å²) in [5, 5.41) is 2.96. The number of hydrazine groups is 1. The maximum Gasteiger partial charge on any atom is 0.255 e. The van der Waals surface area contributed by atoms with Gasteiger partial charge in [0.2, 0.25) is 0 Å². The molecule has 0 unspecified atom stereocenters. The standard InChI is InChI=1S/C13H20N4O2/c1-3-19-10-5-9(6-10)16-13(18)11-7-15-8(2)4-12(11)17-14/h4,7,9-10H,3,5-6,14H2,1-2H3,(H,15,17)(H,16,18). The van der Waals surface area contributed by atoms with Gasteiger partial charge in [0, 0.05) is 24.5 Å². The number of hydrogen-bond acceptors (Lipinski definition) is 5. The van der Waals surface area contributed by atoms with E-state index in [0.29, 0.717) is 17.9 Å². The van der Waals surface area contributed by atoms with E-state index in [2.05, 4.69) is 15.7 Å². The molecule has 2 rings (SSSR count). The highest BCUT2D eigenvalue weighted by atomic mass is 16.5. The van der Waals surface area contributed by atoms with Crippen molar-refractivity contribution in [1.82, 2.24) is 10.3 Å². The Morgan fingerprint density at radius 2 is 2.32 bits per heavy atom. The second-order valence-electron chi connectivity index (χ2n) is 4.73. The van der Waals surface area contributed by atoms with Gasteiger partial charge < -0.3 is 15.5 Å². The number of rotatable bonds is 5. The largest absolute Gasteiger partial charge is 0.378 e. The molecule has 0 aromatic carbocycles. The number of nitrogens with zero attached hydrogens (tertiary/aromatic N) is 1. The monoisotopic (exact) mass is 264 g/mol. The van der Waals surface area contributed by atoms with Gasteiger partial charge in [-0.2, -0.15) is 0 Å². The SMILES string of the molecule is CCOC1CC(NC(=O)c2cnc(C)cc2NN)C1. The molecule has 1 aromatic heterocycles. The maximum atomic E-state index is 12.1. The summed E-state index contributed by atoms with van der Waals surface area (Å²) in [5.74, 6) is 5.27. The number of carbonyl (C=O) groups excluding carboxylic acids is 1. The van der Waals surface area contributed by atoms with E-state index in [1.165, 1.54) is 0 Å². The lowest BCUT2D eigenvalue weighted by Gasteiger charge is -2.35. The molecule has 1 amide bonds. The van der Waals surface area contributed by atoms with Crippen molar-refractivity contribution in [3.63, 3.8) is 0 Å². The Hall–Kier alpha value is -1.66. The van der Waals surface area contributed by atoms with Gasteiger partial charge in [0.25, 0.3) is 5.91 Å². The Labute approximate surface area is 112 Å². The molecule has 104 valence electrons. The number of anilines is 1. The van der Waals surface area contributed by atoms with E-state index in [-0.39, 0.29) is 18.1 Å². The van der Waals surface area contributed by atoms with E-state index >= 15 is 0 Å². The summed E-state index contributed by atoms with van der Waals surface area (Å²) in [7, 11) is 0. The average molecular weight is 264 g/mol. The Balaban J connectivity index is 1.94. The van der Waals surface area contributed by atoms with Crippen molar-refractivity contribution in [3.8, 4) is 0 Å². The van der Waals surface area contributed by atoms with Crippen LogP contribution in [0.4, 0.5) is 5.69 Å². The number of nitrogens with one attached hydrogen (secondary N) is 2. The summed E-state index contributed by atoms with van der Waals surface area (Å²) in [5.41, 5.74) is 4.39. The number of aryl methyl sites for hydroxylation is 1. The van der Waals surface area contributed by atoms with Crippen molar-refractivity contribution in [3.05, 3.63) is 23.5 Å². The van der Waals surface area contributed by atoms with E-state index in [0.717, 1.165) is 18.5 Å². The van der Waals surface area contributed by atoms with Crippen molar-refractivity contribution in [2.75, 3.05) is 12.0 Å². The second-order valence-corrected chi connectivity index (χ2v) is 4.73. The fourth-order valence-corrected chi connectivity index (χ4v) is 2.18. The van der Waals surface area contributed by atoms with Crippen LogP contribution in [0.5, 0.6) is 0 Å². The van der Waals surface area contributed by atoms with Crippen molar-refractivity contribution in [2.24, 2.45) is 5.84 Å². The summed E-state index contributed by atoms with van der Waals surface area (Å²) in [6.45, 7) is 4.54. The van der Waals surface area contributed by atoms with Crippen LogP contribution >= 0.6 is 0 Å². The molecule has 1 aromatic rings. The Morgan fingerprint density at radius 1 is 1.58 bits per heavy atom. The number of pyridine rings is 1. The van der Waals surface area contributed by atoms with Crippen molar-refractivity contribution in [1.29, 1.82) is 0 Å². The highest BCUT2D eigenvalue weighted by molar-refractivity contribution is 5.99. The smallest absolute Gasteiger partial charge is 0.255 e. The van der Waals surface area contributed by atoms with Crippen molar-refractivity contribution >= 4 is 11.6 Å². The molecule has 6 nitrogen and oxygen atoms in total. The van der Waals surface area contributed by atoms with Crippen LogP contribution in [0.3, 0.4) is 0 Å². The summed E-state index contributed by atoms with van der Waals surface area (Å²) < 4.78 is 5.46. The molecule has 0 bridgehead atoms. The van der Waals surface area contributed by atoms with Crippen LogP contribution in [0.2, 0.25) is 0 Å². The zero-order valence-corrected chi connectivity index (χ0v) is 11.3. The number of ether oxygens (including phenoxy) is 1. The lowest BCUT2D eigenvalue weighted by molar-refractivity contribution is -0.00862. The number of carbonyl (C=O) groups is 1. The third-order valence-corrected chi connectivity index (χ3v) is 3.27. The summed E-state index contributed by atoms with van der Waals surface area (Å²) in [4.78, 5) is 16.2. The number of nitrogen functional groups attached to an aromatic ring is 1. The van der Waals surface area contributed by atoms with Gasteiger partial charge in [-0.25, -0.2) is 0 Å². The average Bonchev–Trinajstić information content (AvgIpc) is 2.35. The molecule has 0 radical (unpaired) electrons. The minimum absolute atomic E-state index is 0.152. The first-order valence-electron chi connectivity index (χ1n) is 6.49. The van der Waals surface area contributed by atoms with E-state index in [4.69, 9.17) is 10.6 Å². The van der Waals surface area contributed by atoms with Gasteiger partial charge in [-0.05, 0) is 32.8 Å². The van der Waals surface area contributed by atoms with Crippen LogP contribution in [0.25, 0.3) is 0 Å². The van der Waals surface area contributed by atoms with E-state index in [1.807, 2.05) is 13.8 Å². The Morgan fingerprint density at radius 3 is 2.95 bits per heavy atom. The highest BCUT2D eigenvalue weighted by Crippen LogP contribution is 2.24. The first-order valence-corrected chi connectivity index (χ1v) is 6.49. The topological polar surface area (TPSA) is 89.3 Å². The molecule has 1 fully saturated rings. The number of amides is 1. The zero-order valence-electron chi connectivity index (χ0n) is 11.3. The summed E-state index contributed by atoms with van der Waals surface area (Å²) >= 11 is 0. The molecule has 0 spiro atoms. The quantitative estimate of drug-likeness (QED) is 0.545.